The molecule has 2 aromatic rings. The van der Waals surface area contributed by atoms with Gasteiger partial charge in [-0.3, -0.25) is 10.1 Å². The molecule has 8 nitrogen and oxygen atoms in total. The van der Waals surface area contributed by atoms with E-state index in [-0.39, 0.29) is 23.4 Å². The van der Waals surface area contributed by atoms with Crippen LogP contribution in [-0.4, -0.2) is 14.9 Å². The molecule has 1 aromatic carbocycles. The summed E-state index contributed by atoms with van der Waals surface area (Å²) in [4.78, 5) is 17.3. The SMILES string of the molecule is Nc1cc(Oc2ccc(F)cc2[N+](=O)[O-])nc(N)n1. The summed E-state index contributed by atoms with van der Waals surface area (Å²) in [6, 6.07) is 4.12. The highest BCUT2D eigenvalue weighted by Crippen LogP contribution is 2.31. The Bertz CT molecular complexity index is 629. The van der Waals surface area contributed by atoms with E-state index < -0.39 is 16.4 Å². The number of halogens is 1. The number of nitrogens with two attached hydrogens (primary N) is 2. The van der Waals surface area contributed by atoms with E-state index in [4.69, 9.17) is 16.2 Å². The lowest BCUT2D eigenvalue weighted by atomic mass is 10.3. The molecule has 0 aliphatic carbocycles. The Labute approximate surface area is 106 Å². The molecule has 4 N–H and O–H groups in total. The minimum atomic E-state index is -0.772. The molecule has 0 aliphatic rings. The van der Waals surface area contributed by atoms with Crippen molar-refractivity contribution in [3.63, 3.8) is 0 Å². The lowest BCUT2D eigenvalue weighted by Crippen LogP contribution is -2.01. The third-order valence-electron chi connectivity index (χ3n) is 2.07. The number of nitro benzene ring substituents is 1. The number of ether oxygens (including phenoxy) is 1. The van der Waals surface area contributed by atoms with Crippen LogP contribution in [0.5, 0.6) is 11.6 Å². The second-order valence-electron chi connectivity index (χ2n) is 3.46. The van der Waals surface area contributed by atoms with Crippen LogP contribution in [0, 0.1) is 15.9 Å². The van der Waals surface area contributed by atoms with Crippen LogP contribution in [0.4, 0.5) is 21.8 Å². The first-order valence-electron chi connectivity index (χ1n) is 4.97. The number of benzene rings is 1. The molecule has 0 saturated carbocycles. The van der Waals surface area contributed by atoms with Crippen LogP contribution in [0.3, 0.4) is 0 Å². The van der Waals surface area contributed by atoms with Crippen LogP contribution < -0.4 is 16.2 Å². The molecule has 1 aromatic heterocycles. The predicted molar refractivity (Wildman–Crippen MR) is 64.0 cm³/mol. The first-order valence-corrected chi connectivity index (χ1v) is 4.97. The van der Waals surface area contributed by atoms with Gasteiger partial charge in [-0.25, -0.2) is 4.39 Å². The summed E-state index contributed by atoms with van der Waals surface area (Å²) in [5.41, 5.74) is 10.3. The second kappa shape index (κ2) is 4.72. The number of hydrogen-bond acceptors (Lipinski definition) is 7. The number of anilines is 2. The van der Waals surface area contributed by atoms with Crippen molar-refractivity contribution in [1.29, 1.82) is 0 Å². The minimum absolute atomic E-state index is 0.0484. The van der Waals surface area contributed by atoms with E-state index in [2.05, 4.69) is 9.97 Å². The van der Waals surface area contributed by atoms with Gasteiger partial charge in [0, 0.05) is 6.07 Å². The normalized spacial score (nSPS) is 10.2. The monoisotopic (exact) mass is 265 g/mol. The Morgan fingerprint density at radius 3 is 2.63 bits per heavy atom. The average Bonchev–Trinajstić information content (AvgIpc) is 2.30. The summed E-state index contributed by atoms with van der Waals surface area (Å²) < 4.78 is 18.1. The van der Waals surface area contributed by atoms with Crippen molar-refractivity contribution in [3.8, 4) is 11.6 Å². The van der Waals surface area contributed by atoms with Gasteiger partial charge in [-0.1, -0.05) is 0 Å². The van der Waals surface area contributed by atoms with Crippen LogP contribution in [0.15, 0.2) is 24.3 Å². The van der Waals surface area contributed by atoms with Crippen molar-refractivity contribution < 1.29 is 14.1 Å². The van der Waals surface area contributed by atoms with Crippen molar-refractivity contribution in [1.82, 2.24) is 9.97 Å². The van der Waals surface area contributed by atoms with E-state index >= 15 is 0 Å². The van der Waals surface area contributed by atoms with Gasteiger partial charge in [0.1, 0.15) is 11.6 Å². The van der Waals surface area contributed by atoms with Gasteiger partial charge in [0.05, 0.1) is 11.0 Å². The number of rotatable bonds is 3. The molecule has 9 heteroatoms. The fourth-order valence-electron chi connectivity index (χ4n) is 1.35. The second-order valence-corrected chi connectivity index (χ2v) is 3.46. The molecule has 0 fully saturated rings. The first-order chi connectivity index (χ1) is 8.95. The Morgan fingerprint density at radius 2 is 2.00 bits per heavy atom. The van der Waals surface area contributed by atoms with Crippen LogP contribution in [-0.2, 0) is 0 Å². The zero-order valence-electron chi connectivity index (χ0n) is 9.41. The van der Waals surface area contributed by atoms with Crippen LogP contribution in [0.25, 0.3) is 0 Å². The molecular formula is C10H8FN5O3. The summed E-state index contributed by atoms with van der Waals surface area (Å²) in [6.45, 7) is 0. The minimum Gasteiger partial charge on any atom is -0.432 e. The molecule has 2 rings (SSSR count). The van der Waals surface area contributed by atoms with Crippen LogP contribution in [0.2, 0.25) is 0 Å². The largest absolute Gasteiger partial charge is 0.432 e. The number of nitrogen functional groups attached to an aromatic ring is 2. The first kappa shape index (κ1) is 12.5. The van der Waals surface area contributed by atoms with Gasteiger partial charge in [0.15, 0.2) is 0 Å². The molecular weight excluding hydrogens is 257 g/mol. The van der Waals surface area contributed by atoms with E-state index in [1.807, 2.05) is 0 Å². The van der Waals surface area contributed by atoms with Gasteiger partial charge in [0.25, 0.3) is 0 Å². The smallest absolute Gasteiger partial charge is 0.314 e. The number of hydrogen-bond donors (Lipinski definition) is 2. The van der Waals surface area contributed by atoms with E-state index in [0.29, 0.717) is 0 Å². The molecule has 98 valence electrons. The third kappa shape index (κ3) is 2.83. The Morgan fingerprint density at radius 1 is 1.26 bits per heavy atom. The molecule has 0 amide bonds. The van der Waals surface area contributed by atoms with Crippen molar-refractivity contribution in [3.05, 3.63) is 40.2 Å². The van der Waals surface area contributed by atoms with Gasteiger partial charge >= 0.3 is 5.69 Å². The van der Waals surface area contributed by atoms with Gasteiger partial charge in [-0.2, -0.15) is 9.97 Å². The average molecular weight is 265 g/mol. The summed E-state index contributed by atoms with van der Waals surface area (Å²) >= 11 is 0. The zero-order valence-corrected chi connectivity index (χ0v) is 9.41. The fourth-order valence-corrected chi connectivity index (χ4v) is 1.35. The molecule has 0 aliphatic heterocycles. The molecule has 0 saturated heterocycles. The van der Waals surface area contributed by atoms with Crippen molar-refractivity contribution in [2.75, 3.05) is 11.5 Å². The maximum absolute atomic E-state index is 12.9. The van der Waals surface area contributed by atoms with Crippen molar-refractivity contribution in [2.45, 2.75) is 0 Å². The molecule has 0 bridgehead atoms. The number of aromatic nitrogens is 2. The quantitative estimate of drug-likeness (QED) is 0.634. The standard InChI is InChI=1S/C10H8FN5O3/c11-5-1-2-7(6(3-5)16(17)18)19-9-4-8(12)14-10(13)15-9/h1-4H,(H4,12,13,14,15). The molecule has 0 atom stereocenters. The van der Waals surface area contributed by atoms with Gasteiger partial charge in [-0.15, -0.1) is 0 Å². The lowest BCUT2D eigenvalue weighted by molar-refractivity contribution is -0.385. The van der Waals surface area contributed by atoms with E-state index in [0.717, 1.165) is 18.2 Å². The molecule has 19 heavy (non-hydrogen) atoms. The van der Waals surface area contributed by atoms with E-state index in [9.17, 15) is 14.5 Å². The fraction of sp³-hybridized carbons (Fsp3) is 0. The zero-order chi connectivity index (χ0) is 14.0. The van der Waals surface area contributed by atoms with Crippen molar-refractivity contribution >= 4 is 17.5 Å². The summed E-state index contributed by atoms with van der Waals surface area (Å²) in [5.74, 6) is -1.09. The van der Waals surface area contributed by atoms with Crippen LogP contribution in [0.1, 0.15) is 0 Å². The van der Waals surface area contributed by atoms with Gasteiger partial charge in [-0.05, 0) is 12.1 Å². The van der Waals surface area contributed by atoms with Crippen molar-refractivity contribution in [2.24, 2.45) is 0 Å². The van der Waals surface area contributed by atoms with Gasteiger partial charge < -0.3 is 16.2 Å². The number of nitro groups is 1. The maximum atomic E-state index is 12.9. The lowest BCUT2D eigenvalue weighted by Gasteiger charge is -2.06. The highest BCUT2D eigenvalue weighted by Gasteiger charge is 2.17. The highest BCUT2D eigenvalue weighted by molar-refractivity contribution is 5.49. The Kier molecular flexibility index (Phi) is 3.10. The molecule has 0 radical (unpaired) electrons. The van der Waals surface area contributed by atoms with E-state index in [1.165, 1.54) is 6.07 Å². The summed E-state index contributed by atoms with van der Waals surface area (Å²) in [6.07, 6.45) is 0. The highest BCUT2D eigenvalue weighted by atomic mass is 19.1. The number of nitrogens with zero attached hydrogens (tertiary/aromatic N) is 3. The van der Waals surface area contributed by atoms with Crippen LogP contribution >= 0.6 is 0 Å². The summed E-state index contributed by atoms with van der Waals surface area (Å²) in [7, 11) is 0. The van der Waals surface area contributed by atoms with Gasteiger partial charge in [0.2, 0.25) is 17.6 Å². The Balaban J connectivity index is 2.40. The molecule has 1 heterocycles. The predicted octanol–water partition coefficient (Wildman–Crippen LogP) is 1.48. The maximum Gasteiger partial charge on any atom is 0.314 e. The van der Waals surface area contributed by atoms with E-state index in [1.54, 1.807) is 0 Å². The summed E-state index contributed by atoms with van der Waals surface area (Å²) in [5, 5.41) is 10.8. The Hall–Kier alpha value is -2.97. The third-order valence-corrected chi connectivity index (χ3v) is 2.07. The molecule has 0 spiro atoms. The molecule has 0 unspecified atom stereocenters. The topological polar surface area (TPSA) is 130 Å².